The standard InChI is InChI=1S/C16H21N5O3.ClH/c1-11-15(16(22)18-7-3-2-6-17)19-20-21(11)12-4-5-13-14(10-12)24-9-8-23-13;/h4-5,10H,2-3,6-9,17H2,1H3,(H,18,22);1H. The summed E-state index contributed by atoms with van der Waals surface area (Å²) in [4.78, 5) is 12.2. The minimum Gasteiger partial charge on any atom is -0.486 e. The Morgan fingerprint density at radius 1 is 1.28 bits per heavy atom. The van der Waals surface area contributed by atoms with Crippen LogP contribution in [0, 0.1) is 6.92 Å². The van der Waals surface area contributed by atoms with Crippen molar-refractivity contribution in [2.45, 2.75) is 19.8 Å². The molecule has 0 saturated carbocycles. The number of nitrogens with two attached hydrogens (primary N) is 1. The van der Waals surface area contributed by atoms with Gasteiger partial charge in [-0.2, -0.15) is 0 Å². The molecular weight excluding hydrogens is 346 g/mol. The Hall–Kier alpha value is -2.32. The van der Waals surface area contributed by atoms with E-state index in [0.717, 1.165) is 18.5 Å². The van der Waals surface area contributed by atoms with Crippen LogP contribution in [-0.2, 0) is 0 Å². The summed E-state index contributed by atoms with van der Waals surface area (Å²) in [6.07, 6.45) is 1.72. The first-order valence-electron chi connectivity index (χ1n) is 8.01. The fraction of sp³-hybridized carbons (Fsp3) is 0.438. The number of rotatable bonds is 6. The van der Waals surface area contributed by atoms with Gasteiger partial charge in [-0.1, -0.05) is 5.21 Å². The molecule has 0 atom stereocenters. The number of carbonyl (C=O) groups is 1. The van der Waals surface area contributed by atoms with E-state index in [4.69, 9.17) is 15.2 Å². The lowest BCUT2D eigenvalue weighted by molar-refractivity contribution is 0.0947. The third-order valence-electron chi connectivity index (χ3n) is 3.80. The highest BCUT2D eigenvalue weighted by atomic mass is 35.5. The van der Waals surface area contributed by atoms with Gasteiger partial charge in [-0.05, 0) is 38.4 Å². The number of amides is 1. The average Bonchev–Trinajstić information content (AvgIpc) is 2.99. The van der Waals surface area contributed by atoms with Crippen LogP contribution in [-0.4, -0.2) is 47.2 Å². The molecule has 3 rings (SSSR count). The molecule has 0 radical (unpaired) electrons. The first kappa shape index (κ1) is 19.0. The Morgan fingerprint density at radius 2 is 2.04 bits per heavy atom. The first-order valence-corrected chi connectivity index (χ1v) is 8.01. The summed E-state index contributed by atoms with van der Waals surface area (Å²) in [6.45, 7) is 4.07. The molecule has 0 saturated heterocycles. The maximum Gasteiger partial charge on any atom is 0.273 e. The summed E-state index contributed by atoms with van der Waals surface area (Å²) in [5.41, 5.74) is 7.20. The smallest absolute Gasteiger partial charge is 0.273 e. The molecule has 0 unspecified atom stereocenters. The summed E-state index contributed by atoms with van der Waals surface area (Å²) in [7, 11) is 0. The van der Waals surface area contributed by atoms with Gasteiger partial charge in [0.2, 0.25) is 0 Å². The fourth-order valence-corrected chi connectivity index (χ4v) is 2.50. The van der Waals surface area contributed by atoms with Crippen LogP contribution >= 0.6 is 12.4 Å². The molecule has 1 amide bonds. The third kappa shape index (κ3) is 4.21. The molecule has 0 fully saturated rings. The van der Waals surface area contributed by atoms with Gasteiger partial charge < -0.3 is 20.5 Å². The van der Waals surface area contributed by atoms with Crippen molar-refractivity contribution in [2.75, 3.05) is 26.3 Å². The Morgan fingerprint density at radius 3 is 2.80 bits per heavy atom. The number of hydrogen-bond acceptors (Lipinski definition) is 6. The molecule has 25 heavy (non-hydrogen) atoms. The Balaban J connectivity index is 0.00000225. The molecule has 3 N–H and O–H groups in total. The molecule has 1 aliphatic rings. The number of halogens is 1. The molecule has 2 aromatic rings. The summed E-state index contributed by atoms with van der Waals surface area (Å²) in [6, 6.07) is 5.52. The largest absolute Gasteiger partial charge is 0.486 e. The van der Waals surface area contributed by atoms with Crippen LogP contribution in [0.2, 0.25) is 0 Å². The van der Waals surface area contributed by atoms with Gasteiger partial charge in [0.1, 0.15) is 13.2 Å². The van der Waals surface area contributed by atoms with Crippen LogP contribution in [0.5, 0.6) is 11.5 Å². The Labute approximate surface area is 152 Å². The first-order chi connectivity index (χ1) is 11.7. The van der Waals surface area contributed by atoms with Crippen molar-refractivity contribution in [3.8, 4) is 17.2 Å². The molecular formula is C16H22ClN5O3. The summed E-state index contributed by atoms with van der Waals surface area (Å²) >= 11 is 0. The van der Waals surface area contributed by atoms with Crippen LogP contribution in [0.3, 0.4) is 0 Å². The summed E-state index contributed by atoms with van der Waals surface area (Å²) in [5.74, 6) is 1.15. The second-order valence-electron chi connectivity index (χ2n) is 5.51. The van der Waals surface area contributed by atoms with E-state index in [1.165, 1.54) is 0 Å². The molecule has 0 spiro atoms. The van der Waals surface area contributed by atoms with E-state index in [-0.39, 0.29) is 18.3 Å². The number of carbonyl (C=O) groups excluding carboxylic acids is 1. The van der Waals surface area contributed by atoms with Gasteiger partial charge in [-0.15, -0.1) is 17.5 Å². The molecule has 1 aromatic carbocycles. The Bertz CT molecular complexity index is 735. The van der Waals surface area contributed by atoms with Crippen molar-refractivity contribution < 1.29 is 14.3 Å². The second kappa shape index (κ2) is 8.68. The fourth-order valence-electron chi connectivity index (χ4n) is 2.50. The third-order valence-corrected chi connectivity index (χ3v) is 3.80. The number of aromatic nitrogens is 3. The number of benzene rings is 1. The molecule has 0 aliphatic carbocycles. The van der Waals surface area contributed by atoms with E-state index in [0.29, 0.717) is 49.2 Å². The summed E-state index contributed by atoms with van der Waals surface area (Å²) < 4.78 is 12.7. The van der Waals surface area contributed by atoms with Crippen molar-refractivity contribution in [3.05, 3.63) is 29.6 Å². The predicted molar refractivity (Wildman–Crippen MR) is 95.0 cm³/mol. The topological polar surface area (TPSA) is 104 Å². The number of ether oxygens (including phenoxy) is 2. The molecule has 9 heteroatoms. The van der Waals surface area contributed by atoms with Gasteiger partial charge in [0.05, 0.1) is 11.4 Å². The van der Waals surface area contributed by atoms with E-state index in [2.05, 4.69) is 15.6 Å². The minimum absolute atomic E-state index is 0. The quantitative estimate of drug-likeness (QED) is 0.744. The molecule has 0 bridgehead atoms. The molecule has 136 valence electrons. The number of fused-ring (bicyclic) bond motifs is 1. The van der Waals surface area contributed by atoms with Crippen LogP contribution in [0.25, 0.3) is 5.69 Å². The highest BCUT2D eigenvalue weighted by Gasteiger charge is 2.19. The van der Waals surface area contributed by atoms with E-state index in [1.807, 2.05) is 25.1 Å². The van der Waals surface area contributed by atoms with E-state index >= 15 is 0 Å². The number of unbranched alkanes of at least 4 members (excludes halogenated alkanes) is 1. The van der Waals surface area contributed by atoms with Gasteiger partial charge in [-0.25, -0.2) is 4.68 Å². The van der Waals surface area contributed by atoms with Gasteiger partial charge in [0, 0.05) is 12.6 Å². The van der Waals surface area contributed by atoms with Gasteiger partial charge in [0.25, 0.3) is 5.91 Å². The SMILES string of the molecule is Cc1c(C(=O)NCCCCN)nnn1-c1ccc2c(c1)OCCO2.Cl. The molecule has 8 nitrogen and oxygen atoms in total. The van der Waals surface area contributed by atoms with E-state index < -0.39 is 0 Å². The van der Waals surface area contributed by atoms with Crippen LogP contribution in [0.15, 0.2) is 18.2 Å². The normalized spacial score (nSPS) is 12.4. The van der Waals surface area contributed by atoms with Crippen LogP contribution in [0.1, 0.15) is 29.0 Å². The number of hydrogen-bond donors (Lipinski definition) is 2. The molecule has 2 heterocycles. The maximum atomic E-state index is 12.2. The average molecular weight is 368 g/mol. The van der Waals surface area contributed by atoms with Crippen molar-refractivity contribution in [2.24, 2.45) is 5.73 Å². The summed E-state index contributed by atoms with van der Waals surface area (Å²) in [5, 5.41) is 10.9. The molecule has 1 aliphatic heterocycles. The van der Waals surface area contributed by atoms with Crippen molar-refractivity contribution in [1.82, 2.24) is 20.3 Å². The zero-order valence-corrected chi connectivity index (χ0v) is 14.8. The van der Waals surface area contributed by atoms with E-state index in [1.54, 1.807) is 4.68 Å². The van der Waals surface area contributed by atoms with Gasteiger partial charge in [0.15, 0.2) is 17.2 Å². The lowest BCUT2D eigenvalue weighted by atomic mass is 10.2. The predicted octanol–water partition coefficient (Wildman–Crippen LogP) is 1.24. The monoisotopic (exact) mass is 367 g/mol. The van der Waals surface area contributed by atoms with E-state index in [9.17, 15) is 4.79 Å². The van der Waals surface area contributed by atoms with Crippen LogP contribution in [0.4, 0.5) is 0 Å². The Kier molecular flexibility index (Phi) is 6.60. The lowest BCUT2D eigenvalue weighted by Gasteiger charge is -2.18. The highest BCUT2D eigenvalue weighted by molar-refractivity contribution is 5.93. The maximum absolute atomic E-state index is 12.2. The second-order valence-corrected chi connectivity index (χ2v) is 5.51. The van der Waals surface area contributed by atoms with Crippen molar-refractivity contribution >= 4 is 18.3 Å². The van der Waals surface area contributed by atoms with Gasteiger partial charge in [-0.3, -0.25) is 4.79 Å². The zero-order chi connectivity index (χ0) is 16.9. The van der Waals surface area contributed by atoms with Crippen LogP contribution < -0.4 is 20.5 Å². The minimum atomic E-state index is -0.228. The van der Waals surface area contributed by atoms with Crippen molar-refractivity contribution in [1.29, 1.82) is 0 Å². The van der Waals surface area contributed by atoms with Crippen molar-refractivity contribution in [3.63, 3.8) is 0 Å². The number of nitrogens with one attached hydrogen (secondary N) is 1. The zero-order valence-electron chi connectivity index (χ0n) is 14.0. The highest BCUT2D eigenvalue weighted by Crippen LogP contribution is 2.32. The lowest BCUT2D eigenvalue weighted by Crippen LogP contribution is -2.26. The van der Waals surface area contributed by atoms with Gasteiger partial charge >= 0.3 is 0 Å². The number of nitrogens with zero attached hydrogens (tertiary/aromatic N) is 3. The molecule has 1 aromatic heterocycles.